The Morgan fingerprint density at radius 1 is 1.04 bits per heavy atom. The van der Waals surface area contributed by atoms with Crippen LogP contribution in [0.1, 0.15) is 44.2 Å². The molecule has 0 amide bonds. The summed E-state index contributed by atoms with van der Waals surface area (Å²) < 4.78 is 6.61. The van der Waals surface area contributed by atoms with Gasteiger partial charge in [-0.05, 0) is 81.0 Å². The van der Waals surface area contributed by atoms with E-state index in [1.165, 1.54) is 50.1 Å². The minimum atomic E-state index is 0.238. The molecule has 122 valence electrons. The van der Waals surface area contributed by atoms with Gasteiger partial charge in [-0.3, -0.25) is 4.57 Å². The fourth-order valence-electron chi connectivity index (χ4n) is 5.75. The summed E-state index contributed by atoms with van der Waals surface area (Å²) in [4.78, 5) is 1.09. The van der Waals surface area contributed by atoms with Crippen molar-refractivity contribution in [1.29, 1.82) is 0 Å². The summed E-state index contributed by atoms with van der Waals surface area (Å²) in [5.74, 6) is 3.73. The van der Waals surface area contributed by atoms with Crippen LogP contribution in [-0.2, 0) is 5.54 Å². The average Bonchev–Trinajstić information content (AvgIpc) is 3.11. The van der Waals surface area contributed by atoms with E-state index in [1.54, 1.807) is 11.8 Å². The standard InChI is InChI=1S/C16H21N5S2/c1-9-13(23-20-17-9)14-18-19-15(22-2)21(14)16-6-10-3-11(7-16)5-12(4-10)8-16/h10-12H,3-8H2,1-2H3. The first kappa shape index (κ1) is 14.4. The molecule has 4 aliphatic carbocycles. The Bertz CT molecular complexity index is 714. The second kappa shape index (κ2) is 5.02. The maximum absolute atomic E-state index is 4.57. The van der Waals surface area contributed by atoms with Crippen molar-refractivity contribution in [3.8, 4) is 10.7 Å². The molecule has 4 aliphatic rings. The number of rotatable bonds is 3. The van der Waals surface area contributed by atoms with Gasteiger partial charge in [-0.15, -0.1) is 15.3 Å². The fraction of sp³-hybridized carbons (Fsp3) is 0.750. The summed E-state index contributed by atoms with van der Waals surface area (Å²) in [6.45, 7) is 2.02. The summed E-state index contributed by atoms with van der Waals surface area (Å²) >= 11 is 3.17. The van der Waals surface area contributed by atoms with Crippen LogP contribution in [0.2, 0.25) is 0 Å². The molecule has 4 bridgehead atoms. The molecule has 0 unspecified atom stereocenters. The van der Waals surface area contributed by atoms with Gasteiger partial charge >= 0.3 is 0 Å². The smallest absolute Gasteiger partial charge is 0.191 e. The zero-order valence-electron chi connectivity index (χ0n) is 13.5. The van der Waals surface area contributed by atoms with Gasteiger partial charge < -0.3 is 0 Å². The van der Waals surface area contributed by atoms with Crippen molar-refractivity contribution in [3.05, 3.63) is 5.69 Å². The third-order valence-corrected chi connectivity index (χ3v) is 7.60. The summed E-state index contributed by atoms with van der Waals surface area (Å²) in [6.07, 6.45) is 10.4. The largest absolute Gasteiger partial charge is 0.295 e. The Kier molecular flexibility index (Phi) is 3.14. The molecule has 7 heteroatoms. The van der Waals surface area contributed by atoms with Gasteiger partial charge in [0, 0.05) is 5.54 Å². The Morgan fingerprint density at radius 2 is 1.70 bits per heavy atom. The van der Waals surface area contributed by atoms with Gasteiger partial charge in [0.15, 0.2) is 11.0 Å². The minimum absolute atomic E-state index is 0.238. The third kappa shape index (κ3) is 2.05. The number of aromatic nitrogens is 5. The Balaban J connectivity index is 1.68. The van der Waals surface area contributed by atoms with E-state index in [2.05, 4.69) is 30.6 Å². The van der Waals surface area contributed by atoms with Crippen LogP contribution in [0.4, 0.5) is 0 Å². The normalized spacial score (nSPS) is 35.1. The van der Waals surface area contributed by atoms with E-state index in [4.69, 9.17) is 0 Å². The number of nitrogens with zero attached hydrogens (tertiary/aromatic N) is 5. The lowest BCUT2D eigenvalue weighted by molar-refractivity contribution is -0.0464. The van der Waals surface area contributed by atoms with E-state index in [9.17, 15) is 0 Å². The highest BCUT2D eigenvalue weighted by atomic mass is 32.2. The van der Waals surface area contributed by atoms with E-state index < -0.39 is 0 Å². The third-order valence-electron chi connectivity index (χ3n) is 6.15. The summed E-state index contributed by atoms with van der Waals surface area (Å²) in [6, 6.07) is 0. The molecule has 2 heterocycles. The van der Waals surface area contributed by atoms with Crippen LogP contribution in [0.5, 0.6) is 0 Å². The molecular weight excluding hydrogens is 326 g/mol. The molecule has 0 spiro atoms. The number of aryl methyl sites for hydroxylation is 1. The molecule has 0 atom stereocenters. The summed E-state index contributed by atoms with van der Waals surface area (Å²) in [5.41, 5.74) is 1.21. The van der Waals surface area contributed by atoms with Gasteiger partial charge in [0.05, 0.1) is 5.69 Å². The molecule has 4 saturated carbocycles. The Hall–Kier alpha value is -0.950. The van der Waals surface area contributed by atoms with Crippen molar-refractivity contribution >= 4 is 23.3 Å². The van der Waals surface area contributed by atoms with Crippen LogP contribution in [-0.4, -0.2) is 30.6 Å². The summed E-state index contributed by atoms with van der Waals surface area (Å²) in [7, 11) is 0. The maximum Gasteiger partial charge on any atom is 0.191 e. The quantitative estimate of drug-likeness (QED) is 0.792. The van der Waals surface area contributed by atoms with Gasteiger partial charge in [0.25, 0.3) is 0 Å². The van der Waals surface area contributed by atoms with E-state index in [-0.39, 0.29) is 5.54 Å². The molecule has 0 saturated heterocycles. The van der Waals surface area contributed by atoms with Crippen molar-refractivity contribution in [2.45, 2.75) is 56.1 Å². The van der Waals surface area contributed by atoms with Gasteiger partial charge in [-0.25, -0.2) is 0 Å². The van der Waals surface area contributed by atoms with E-state index in [0.29, 0.717) is 0 Å². The first-order valence-corrected chi connectivity index (χ1v) is 10.5. The first-order chi connectivity index (χ1) is 11.2. The molecule has 0 N–H and O–H groups in total. The van der Waals surface area contributed by atoms with Crippen LogP contribution in [0.15, 0.2) is 5.16 Å². The van der Waals surface area contributed by atoms with Crippen molar-refractivity contribution in [3.63, 3.8) is 0 Å². The Morgan fingerprint density at radius 3 is 2.22 bits per heavy atom. The average molecular weight is 348 g/mol. The summed E-state index contributed by atoms with van der Waals surface area (Å²) in [5, 5.41) is 14.3. The molecule has 23 heavy (non-hydrogen) atoms. The van der Waals surface area contributed by atoms with Crippen LogP contribution in [0.25, 0.3) is 10.7 Å². The molecule has 4 fully saturated rings. The molecular formula is C16H21N5S2. The molecule has 5 nitrogen and oxygen atoms in total. The van der Waals surface area contributed by atoms with Gasteiger partial charge in [-0.1, -0.05) is 16.3 Å². The van der Waals surface area contributed by atoms with E-state index in [1.807, 2.05) is 6.92 Å². The highest BCUT2D eigenvalue weighted by Gasteiger charge is 2.53. The number of thioether (sulfide) groups is 1. The monoisotopic (exact) mass is 347 g/mol. The zero-order chi connectivity index (χ0) is 15.6. The van der Waals surface area contributed by atoms with Crippen molar-refractivity contribution in [2.24, 2.45) is 17.8 Å². The predicted molar refractivity (Wildman–Crippen MR) is 91.6 cm³/mol. The topological polar surface area (TPSA) is 56.5 Å². The van der Waals surface area contributed by atoms with Gasteiger partial charge in [0.2, 0.25) is 0 Å². The van der Waals surface area contributed by atoms with Crippen LogP contribution in [0, 0.1) is 24.7 Å². The maximum atomic E-state index is 4.57. The SMILES string of the molecule is CSc1nnc(-c2snnc2C)n1C12CC3CC(CC(C3)C1)C2. The van der Waals surface area contributed by atoms with Gasteiger partial charge in [-0.2, -0.15) is 0 Å². The van der Waals surface area contributed by atoms with Crippen LogP contribution >= 0.6 is 23.3 Å². The highest BCUT2D eigenvalue weighted by Crippen LogP contribution is 2.60. The van der Waals surface area contributed by atoms with E-state index >= 15 is 0 Å². The Labute approximate surface area is 144 Å². The number of hydrogen-bond acceptors (Lipinski definition) is 6. The molecule has 2 aromatic heterocycles. The molecule has 0 aromatic carbocycles. The highest BCUT2D eigenvalue weighted by molar-refractivity contribution is 7.98. The first-order valence-electron chi connectivity index (χ1n) is 8.48. The predicted octanol–water partition coefficient (Wildman–Crippen LogP) is 3.75. The lowest BCUT2D eigenvalue weighted by Crippen LogP contribution is -2.52. The number of hydrogen-bond donors (Lipinski definition) is 0. The van der Waals surface area contributed by atoms with Crippen LogP contribution in [0.3, 0.4) is 0 Å². The minimum Gasteiger partial charge on any atom is -0.295 e. The molecule has 6 rings (SSSR count). The lowest BCUT2D eigenvalue weighted by Gasteiger charge is -2.57. The van der Waals surface area contributed by atoms with Crippen molar-refractivity contribution in [1.82, 2.24) is 24.4 Å². The van der Waals surface area contributed by atoms with Crippen LogP contribution < -0.4 is 0 Å². The van der Waals surface area contributed by atoms with E-state index in [0.717, 1.165) is 39.3 Å². The van der Waals surface area contributed by atoms with Gasteiger partial charge in [0.1, 0.15) is 4.88 Å². The second-order valence-electron chi connectivity index (χ2n) is 7.68. The van der Waals surface area contributed by atoms with Crippen molar-refractivity contribution < 1.29 is 0 Å². The zero-order valence-corrected chi connectivity index (χ0v) is 15.2. The molecule has 2 aromatic rings. The molecule has 0 radical (unpaired) electrons. The molecule has 0 aliphatic heterocycles. The fourth-order valence-corrected chi connectivity index (χ4v) is 6.97. The second-order valence-corrected chi connectivity index (χ2v) is 9.20. The lowest BCUT2D eigenvalue weighted by atomic mass is 9.53. The van der Waals surface area contributed by atoms with Crippen molar-refractivity contribution in [2.75, 3.05) is 6.26 Å².